The molecule has 0 saturated carbocycles. The Labute approximate surface area is 226 Å². The van der Waals surface area contributed by atoms with Crippen LogP contribution < -0.4 is 24.8 Å². The van der Waals surface area contributed by atoms with Crippen LogP contribution in [0.5, 0.6) is 0 Å². The number of allylic oxidation sites excluding steroid dienone is 4. The van der Waals surface area contributed by atoms with E-state index in [0.717, 1.165) is 0 Å². The Kier molecular flexibility index (Phi) is 9.52. The number of fused-ring (bicyclic) bond motifs is 3. The molecule has 3 heteroatoms. The van der Waals surface area contributed by atoms with Crippen molar-refractivity contribution in [1.82, 2.24) is 0 Å². The van der Waals surface area contributed by atoms with Gasteiger partial charge in [-0.05, 0) is 0 Å². The Morgan fingerprint density at radius 3 is 1.79 bits per heavy atom. The zero-order valence-corrected chi connectivity index (χ0v) is 25.3. The fraction of sp³-hybridized carbons (Fsp3) is 0.467. The first-order valence-corrected chi connectivity index (χ1v) is 14.7. The van der Waals surface area contributed by atoms with Crippen LogP contribution in [0.25, 0.3) is 11.1 Å². The van der Waals surface area contributed by atoms with Crippen molar-refractivity contribution in [2.24, 2.45) is 0 Å². The van der Waals surface area contributed by atoms with Gasteiger partial charge in [0, 0.05) is 0 Å². The van der Waals surface area contributed by atoms with Crippen molar-refractivity contribution in [1.29, 1.82) is 0 Å². The fourth-order valence-corrected chi connectivity index (χ4v) is 9.17. The van der Waals surface area contributed by atoms with E-state index in [4.69, 9.17) is 0 Å². The van der Waals surface area contributed by atoms with Crippen LogP contribution in [0, 0.1) is 0 Å². The van der Waals surface area contributed by atoms with Crippen molar-refractivity contribution in [3.05, 3.63) is 79.7 Å². The van der Waals surface area contributed by atoms with Crippen molar-refractivity contribution in [2.45, 2.75) is 88.6 Å². The van der Waals surface area contributed by atoms with Gasteiger partial charge in [0.15, 0.2) is 0 Å². The summed E-state index contributed by atoms with van der Waals surface area (Å²) in [4.78, 5) is 0. The zero-order chi connectivity index (χ0) is 22.4. The minimum atomic E-state index is -0.787. The summed E-state index contributed by atoms with van der Waals surface area (Å²) < 4.78 is 2.48. The molecule has 0 heterocycles. The van der Waals surface area contributed by atoms with E-state index in [1.54, 1.807) is 16.7 Å². The van der Waals surface area contributed by atoms with E-state index in [2.05, 4.69) is 97.0 Å². The third-order valence-electron chi connectivity index (χ3n) is 6.89. The van der Waals surface area contributed by atoms with Gasteiger partial charge in [-0.1, -0.05) is 0 Å². The number of hydrogen-bond donors (Lipinski definition) is 0. The Morgan fingerprint density at radius 2 is 1.33 bits per heavy atom. The van der Waals surface area contributed by atoms with Crippen LogP contribution in [-0.2, 0) is 34.1 Å². The van der Waals surface area contributed by atoms with Gasteiger partial charge in [0.1, 0.15) is 0 Å². The maximum Gasteiger partial charge on any atom is -1.00 e. The van der Waals surface area contributed by atoms with E-state index in [9.17, 15) is 0 Å². The normalized spacial score (nSPS) is 15.0. The molecule has 0 amide bonds. The van der Waals surface area contributed by atoms with Crippen LogP contribution in [0.3, 0.4) is 0 Å². The molecule has 0 atom stereocenters. The number of unbranched alkanes of at least 4 members (excludes halogenated alkanes) is 1. The molecule has 4 rings (SSSR count). The SMILES string of the molecule is CCCCC1=[C]([Zr+2][CH]2c3cc(C(C)(C)C)ccc3-c3ccc(C(C)(C)C)cc32)CC=C1.[Cl-].[Cl-]. The molecule has 0 radical (unpaired) electrons. The molecule has 0 spiro atoms. The van der Waals surface area contributed by atoms with Crippen LogP contribution in [-0.4, -0.2) is 0 Å². The molecule has 0 unspecified atom stereocenters. The molecule has 0 nitrogen and oxygen atoms in total. The predicted molar refractivity (Wildman–Crippen MR) is 131 cm³/mol. The molecule has 0 fully saturated rings. The molecule has 176 valence electrons. The molecule has 2 aliphatic rings. The van der Waals surface area contributed by atoms with Crippen LogP contribution in [0.15, 0.2) is 57.4 Å². The molecule has 0 aliphatic heterocycles. The molecule has 0 saturated heterocycles. The summed E-state index contributed by atoms with van der Waals surface area (Å²) in [6.07, 6.45) is 9.97. The van der Waals surface area contributed by atoms with Gasteiger partial charge in [0.2, 0.25) is 0 Å². The predicted octanol–water partition coefficient (Wildman–Crippen LogP) is 2.85. The number of halogens is 2. The van der Waals surface area contributed by atoms with E-state index >= 15 is 0 Å². The van der Waals surface area contributed by atoms with E-state index < -0.39 is 23.2 Å². The molecule has 33 heavy (non-hydrogen) atoms. The molecule has 0 N–H and O–H groups in total. The van der Waals surface area contributed by atoms with Crippen molar-refractivity contribution in [3.63, 3.8) is 0 Å². The Morgan fingerprint density at radius 1 is 0.818 bits per heavy atom. The van der Waals surface area contributed by atoms with Crippen LogP contribution in [0.1, 0.15) is 100 Å². The third-order valence-corrected chi connectivity index (χ3v) is 11.3. The monoisotopic (exact) mass is 558 g/mol. The van der Waals surface area contributed by atoms with E-state index in [1.807, 2.05) is 3.28 Å². The van der Waals surface area contributed by atoms with Gasteiger partial charge in [0.05, 0.1) is 0 Å². The molecule has 0 bridgehead atoms. The molecule has 2 aromatic carbocycles. The molecule has 2 aliphatic carbocycles. The van der Waals surface area contributed by atoms with Gasteiger partial charge in [-0.15, -0.1) is 0 Å². The fourth-order valence-electron chi connectivity index (χ4n) is 4.83. The average Bonchev–Trinajstić information content (AvgIpc) is 3.27. The largest absolute Gasteiger partial charge is 1.00 e. The summed E-state index contributed by atoms with van der Waals surface area (Å²) in [7, 11) is 0. The van der Waals surface area contributed by atoms with Crippen molar-refractivity contribution in [3.8, 4) is 11.1 Å². The molecule has 0 aromatic heterocycles. The first-order chi connectivity index (χ1) is 14.6. The summed E-state index contributed by atoms with van der Waals surface area (Å²) in [5.41, 5.74) is 11.2. The zero-order valence-electron chi connectivity index (χ0n) is 21.3. The van der Waals surface area contributed by atoms with Crippen molar-refractivity contribution in [2.75, 3.05) is 0 Å². The molecular formula is C30H38Cl2Zr. The first kappa shape index (κ1) is 28.6. The van der Waals surface area contributed by atoms with Gasteiger partial charge < -0.3 is 24.8 Å². The van der Waals surface area contributed by atoms with E-state index in [0.29, 0.717) is 3.63 Å². The van der Waals surface area contributed by atoms with E-state index in [1.165, 1.54) is 47.9 Å². The average molecular weight is 561 g/mol. The van der Waals surface area contributed by atoms with Gasteiger partial charge in [-0.3, -0.25) is 0 Å². The summed E-state index contributed by atoms with van der Waals surface area (Å²) in [6.45, 7) is 16.4. The van der Waals surface area contributed by atoms with E-state index in [-0.39, 0.29) is 35.6 Å². The van der Waals surface area contributed by atoms with Gasteiger partial charge in [-0.25, -0.2) is 0 Å². The minimum Gasteiger partial charge on any atom is -1.00 e. The second kappa shape index (κ2) is 11.0. The first-order valence-electron chi connectivity index (χ1n) is 12.0. The Hall–Kier alpha value is -0.617. The van der Waals surface area contributed by atoms with Crippen LogP contribution in [0.2, 0.25) is 0 Å². The topological polar surface area (TPSA) is 0 Å². The maximum absolute atomic E-state index is 2.56. The number of hydrogen-bond acceptors (Lipinski definition) is 0. The minimum absolute atomic E-state index is 0. The molecule has 2 aromatic rings. The van der Waals surface area contributed by atoms with Crippen molar-refractivity contribution >= 4 is 0 Å². The Bertz CT molecular complexity index is 984. The van der Waals surface area contributed by atoms with Crippen LogP contribution >= 0.6 is 0 Å². The maximum atomic E-state index is 2.56. The third kappa shape index (κ3) is 5.97. The second-order valence-electron chi connectivity index (χ2n) is 11.4. The quantitative estimate of drug-likeness (QED) is 0.528. The summed E-state index contributed by atoms with van der Waals surface area (Å²) >= 11 is -0.787. The standard InChI is InChI=1S/C21H25.C9H13.2ClH.Zr/c1-20(2,3)16-7-9-18-14(12-16)11-15-13-17(21(4,5)6)8-10-19(15)18;1-2-3-6-9-7-4-5-8-9;;;/h7-13H,1-6H3;4,7H,2-3,5-6H2,1H3;2*1H;/q;;;;+2/p-2. The molecular weight excluding hydrogens is 522 g/mol. The van der Waals surface area contributed by atoms with Gasteiger partial charge in [-0.2, -0.15) is 0 Å². The summed E-state index contributed by atoms with van der Waals surface area (Å²) in [5.74, 6) is 0. The number of rotatable bonds is 5. The van der Waals surface area contributed by atoms with Gasteiger partial charge >= 0.3 is 203 Å². The van der Waals surface area contributed by atoms with Crippen LogP contribution in [0.4, 0.5) is 0 Å². The smallest absolute Gasteiger partial charge is 1.00 e. The summed E-state index contributed by atoms with van der Waals surface area (Å²) in [6, 6.07) is 14.7. The van der Waals surface area contributed by atoms with Crippen molar-refractivity contribution < 1.29 is 48.0 Å². The summed E-state index contributed by atoms with van der Waals surface area (Å²) in [5, 5.41) is 0. The van der Waals surface area contributed by atoms with Gasteiger partial charge in [0.25, 0.3) is 0 Å². The number of benzene rings is 2. The Balaban J connectivity index is 0.00000193. The second-order valence-corrected chi connectivity index (χ2v) is 15.0.